The number of ether oxygens (including phenoxy) is 1. The zero-order valence-electron chi connectivity index (χ0n) is 24.4. The minimum absolute atomic E-state index is 0.0392. The average Bonchev–Trinajstić information content (AvgIpc) is 2.79. The Hall–Kier alpha value is -1.36. The van der Waals surface area contributed by atoms with Gasteiger partial charge in [0.1, 0.15) is 6.10 Å². The van der Waals surface area contributed by atoms with Crippen molar-refractivity contribution in [2.24, 2.45) is 56.7 Å². The summed E-state index contributed by atoms with van der Waals surface area (Å²) in [5, 5.41) is 22.0. The Kier molecular flexibility index (Phi) is 6.12. The molecule has 0 saturated heterocycles. The van der Waals surface area contributed by atoms with Gasteiger partial charge in [0.25, 0.3) is 0 Å². The van der Waals surface area contributed by atoms with Gasteiger partial charge in [-0.3, -0.25) is 9.59 Å². The molecule has 0 aliphatic heterocycles. The molecule has 0 aromatic heterocycles. The first-order valence-electron chi connectivity index (χ1n) is 14.9. The third kappa shape index (κ3) is 3.37. The predicted molar refractivity (Wildman–Crippen MR) is 144 cm³/mol. The lowest BCUT2D eigenvalue weighted by Gasteiger charge is -2.71. The molecule has 5 heteroatoms. The second kappa shape index (κ2) is 8.32. The Bertz CT molecular complexity index is 1010. The highest BCUT2D eigenvalue weighted by Gasteiger charge is 2.70. The van der Waals surface area contributed by atoms with Crippen molar-refractivity contribution in [3.05, 3.63) is 11.6 Å². The molecular formula is C32H50O5. The Labute approximate surface area is 223 Å². The maximum atomic E-state index is 12.9. The molecule has 0 bridgehead atoms. The van der Waals surface area contributed by atoms with E-state index in [4.69, 9.17) is 4.74 Å². The molecule has 11 atom stereocenters. The van der Waals surface area contributed by atoms with E-state index in [1.165, 1.54) is 12.5 Å². The number of aliphatic carboxylic acids is 1. The number of fused-ring (bicyclic) bond motifs is 7. The molecule has 0 aromatic carbocycles. The number of carbonyl (C=O) groups excluding carboxylic acids is 1. The first-order valence-corrected chi connectivity index (χ1v) is 14.9. The number of aliphatic hydroxyl groups is 1. The van der Waals surface area contributed by atoms with Crippen LogP contribution in [0.15, 0.2) is 11.6 Å². The molecule has 5 aliphatic rings. The number of hydrogen-bond donors (Lipinski definition) is 2. The number of hydrogen-bond acceptors (Lipinski definition) is 4. The minimum atomic E-state index is -0.675. The molecule has 37 heavy (non-hydrogen) atoms. The molecule has 4 saturated carbocycles. The molecule has 0 amide bonds. The SMILES string of the molecule is CC(=O)O[C@H]1[C@H](O)C[C@]2(C)[C@H]3CC=C4[C@@H]5[C@@H](C)[C@H](C)CC[C@]5(C(=O)O)CC[C@@]4(C)[C@]3(C)CC[C@H]2C1(C)C. The molecule has 0 aromatic rings. The van der Waals surface area contributed by atoms with Crippen LogP contribution in [0.4, 0.5) is 0 Å². The van der Waals surface area contributed by atoms with Crippen LogP contribution < -0.4 is 0 Å². The monoisotopic (exact) mass is 514 g/mol. The van der Waals surface area contributed by atoms with Gasteiger partial charge in [0, 0.05) is 12.3 Å². The molecule has 5 nitrogen and oxygen atoms in total. The lowest BCUT2D eigenvalue weighted by molar-refractivity contribution is -0.239. The summed E-state index contributed by atoms with van der Waals surface area (Å²) in [6.45, 7) is 17.8. The summed E-state index contributed by atoms with van der Waals surface area (Å²) in [6, 6.07) is 0. The first kappa shape index (κ1) is 27.2. The first-order chi connectivity index (χ1) is 17.1. The zero-order chi connectivity index (χ0) is 27.3. The van der Waals surface area contributed by atoms with Crippen molar-refractivity contribution < 1.29 is 24.5 Å². The van der Waals surface area contributed by atoms with Crippen molar-refractivity contribution in [1.82, 2.24) is 0 Å². The van der Waals surface area contributed by atoms with Crippen LogP contribution in [0, 0.1) is 56.7 Å². The van der Waals surface area contributed by atoms with E-state index >= 15 is 0 Å². The maximum absolute atomic E-state index is 12.9. The predicted octanol–water partition coefficient (Wildman–Crippen LogP) is 6.63. The van der Waals surface area contributed by atoms with Crippen LogP contribution in [0.3, 0.4) is 0 Å². The summed E-state index contributed by atoms with van der Waals surface area (Å²) < 4.78 is 5.74. The molecule has 0 unspecified atom stereocenters. The molecule has 0 radical (unpaired) electrons. The van der Waals surface area contributed by atoms with Crippen LogP contribution >= 0.6 is 0 Å². The van der Waals surface area contributed by atoms with Gasteiger partial charge >= 0.3 is 11.9 Å². The number of carboxylic acids is 1. The van der Waals surface area contributed by atoms with Gasteiger partial charge in [-0.05, 0) is 97.2 Å². The summed E-state index contributed by atoms with van der Waals surface area (Å²) >= 11 is 0. The van der Waals surface area contributed by atoms with Crippen LogP contribution in [0.25, 0.3) is 0 Å². The van der Waals surface area contributed by atoms with Crippen LogP contribution in [-0.2, 0) is 14.3 Å². The topological polar surface area (TPSA) is 83.8 Å². The normalized spacial score (nSPS) is 52.5. The average molecular weight is 515 g/mol. The Balaban J connectivity index is 1.58. The minimum Gasteiger partial charge on any atom is -0.481 e. The van der Waals surface area contributed by atoms with Gasteiger partial charge in [0.15, 0.2) is 0 Å². The molecular weight excluding hydrogens is 464 g/mol. The Morgan fingerprint density at radius 3 is 2.27 bits per heavy atom. The second-order valence-corrected chi connectivity index (χ2v) is 15.2. The van der Waals surface area contributed by atoms with Crippen molar-refractivity contribution in [3.8, 4) is 0 Å². The number of allylic oxidation sites excluding steroid dienone is 2. The van der Waals surface area contributed by atoms with Gasteiger partial charge in [0.2, 0.25) is 0 Å². The summed E-state index contributed by atoms with van der Waals surface area (Å²) in [4.78, 5) is 24.8. The van der Waals surface area contributed by atoms with E-state index in [-0.39, 0.29) is 33.5 Å². The summed E-state index contributed by atoms with van der Waals surface area (Å²) in [7, 11) is 0. The van der Waals surface area contributed by atoms with E-state index in [1.807, 2.05) is 0 Å². The van der Waals surface area contributed by atoms with Crippen molar-refractivity contribution in [3.63, 3.8) is 0 Å². The molecule has 208 valence electrons. The van der Waals surface area contributed by atoms with Crippen molar-refractivity contribution in [2.45, 2.75) is 119 Å². The highest BCUT2D eigenvalue weighted by molar-refractivity contribution is 5.76. The van der Waals surface area contributed by atoms with Crippen LogP contribution in [0.5, 0.6) is 0 Å². The third-order valence-electron chi connectivity index (χ3n) is 13.6. The van der Waals surface area contributed by atoms with Gasteiger partial charge in [-0.2, -0.15) is 0 Å². The molecule has 5 rings (SSSR count). The van der Waals surface area contributed by atoms with Crippen molar-refractivity contribution in [2.75, 3.05) is 0 Å². The van der Waals surface area contributed by atoms with Gasteiger partial charge in [-0.15, -0.1) is 0 Å². The highest BCUT2D eigenvalue weighted by atomic mass is 16.6. The molecule has 0 spiro atoms. The van der Waals surface area contributed by atoms with E-state index in [1.54, 1.807) is 0 Å². The summed E-state index contributed by atoms with van der Waals surface area (Å²) in [6.07, 6.45) is 8.55. The second-order valence-electron chi connectivity index (χ2n) is 15.2. The van der Waals surface area contributed by atoms with Gasteiger partial charge < -0.3 is 14.9 Å². The van der Waals surface area contributed by atoms with Gasteiger partial charge in [-0.25, -0.2) is 0 Å². The molecule has 2 N–H and O–H groups in total. The molecule has 5 aliphatic carbocycles. The van der Waals surface area contributed by atoms with E-state index in [9.17, 15) is 19.8 Å². The lowest BCUT2D eigenvalue weighted by Crippen LogP contribution is -2.67. The largest absolute Gasteiger partial charge is 0.481 e. The maximum Gasteiger partial charge on any atom is 0.310 e. The summed E-state index contributed by atoms with van der Waals surface area (Å²) in [5.74, 6) is 0.843. The van der Waals surface area contributed by atoms with E-state index in [2.05, 4.69) is 54.5 Å². The number of carbonyl (C=O) groups is 2. The smallest absolute Gasteiger partial charge is 0.310 e. The van der Waals surface area contributed by atoms with E-state index < -0.39 is 23.6 Å². The van der Waals surface area contributed by atoms with Gasteiger partial charge in [0.05, 0.1) is 11.5 Å². The van der Waals surface area contributed by atoms with Crippen LogP contribution in [0.1, 0.15) is 107 Å². The van der Waals surface area contributed by atoms with Crippen molar-refractivity contribution >= 4 is 11.9 Å². The number of rotatable bonds is 2. The van der Waals surface area contributed by atoms with E-state index in [0.717, 1.165) is 44.9 Å². The fourth-order valence-electron chi connectivity index (χ4n) is 11.4. The highest BCUT2D eigenvalue weighted by Crippen LogP contribution is 2.75. The molecule has 0 heterocycles. The lowest BCUT2D eigenvalue weighted by atomic mass is 9.33. The fraction of sp³-hybridized carbons (Fsp3) is 0.875. The van der Waals surface area contributed by atoms with Crippen LogP contribution in [-0.4, -0.2) is 34.4 Å². The van der Waals surface area contributed by atoms with Crippen molar-refractivity contribution in [1.29, 1.82) is 0 Å². The number of carboxylic acid groups (broad SMARTS) is 1. The van der Waals surface area contributed by atoms with Crippen LogP contribution in [0.2, 0.25) is 0 Å². The number of aliphatic hydroxyl groups excluding tert-OH is 1. The van der Waals surface area contributed by atoms with Gasteiger partial charge in [-0.1, -0.05) is 60.1 Å². The zero-order valence-corrected chi connectivity index (χ0v) is 24.4. The third-order valence-corrected chi connectivity index (χ3v) is 13.6. The Morgan fingerprint density at radius 1 is 0.973 bits per heavy atom. The standard InChI is InChI=1S/C32H50O5/c1-18-11-14-32(27(35)36)16-15-30(7)21(25(32)19(18)2)9-10-24-29(6)17-22(34)26(37-20(3)33)28(4,5)23(29)12-13-31(24,30)8/h9,18-19,22-26,34H,10-17H2,1-8H3,(H,35,36)/t18-,19+,22-,23+,24-,25+,26+,29+,30-,31-,32+/m1/s1. The quantitative estimate of drug-likeness (QED) is 0.319. The molecule has 4 fully saturated rings. The summed E-state index contributed by atoms with van der Waals surface area (Å²) in [5.41, 5.74) is 0.418. The fourth-order valence-corrected chi connectivity index (χ4v) is 11.4. The Morgan fingerprint density at radius 2 is 1.65 bits per heavy atom. The number of esters is 1. The van der Waals surface area contributed by atoms with E-state index in [0.29, 0.717) is 30.1 Å².